The Morgan fingerprint density at radius 2 is 1.92 bits per heavy atom. The summed E-state index contributed by atoms with van der Waals surface area (Å²) in [6.07, 6.45) is 2.42. The summed E-state index contributed by atoms with van der Waals surface area (Å²) < 4.78 is 26.1. The zero-order valence-electron chi connectivity index (χ0n) is 21.5. The summed E-state index contributed by atoms with van der Waals surface area (Å²) in [5, 5.41) is 2.72. The standard InChI is InChI=1S/C28H36FN3O4/c1-18-14-32(15-20-9-10-20)19(2)17-36-25-13-21(30-27(33)22-7-5-6-8-24(22)29)11-12-23(25)28(34)31(3)16-26(18)35-4/h5-8,11-13,18-20,26H,9-10,14-17H2,1-4H3,(H,30,33)/t18-,19+,26+/m1/s1. The van der Waals surface area contributed by atoms with Crippen LogP contribution in [0, 0.1) is 17.7 Å². The summed E-state index contributed by atoms with van der Waals surface area (Å²) in [6.45, 7) is 7.03. The molecule has 0 radical (unpaired) electrons. The molecule has 1 aliphatic carbocycles. The van der Waals surface area contributed by atoms with Gasteiger partial charge in [-0.25, -0.2) is 4.39 Å². The summed E-state index contributed by atoms with van der Waals surface area (Å²) in [6, 6.07) is 10.9. The van der Waals surface area contributed by atoms with Gasteiger partial charge in [0.15, 0.2) is 0 Å². The number of nitrogens with one attached hydrogen (secondary N) is 1. The van der Waals surface area contributed by atoms with E-state index in [1.54, 1.807) is 43.3 Å². The van der Waals surface area contributed by atoms with Crippen molar-refractivity contribution in [3.8, 4) is 5.75 Å². The predicted octanol–water partition coefficient (Wildman–Crippen LogP) is 4.29. The fourth-order valence-corrected chi connectivity index (χ4v) is 4.65. The monoisotopic (exact) mass is 497 g/mol. The average Bonchev–Trinajstić information content (AvgIpc) is 3.68. The molecule has 0 unspecified atom stereocenters. The number of hydrogen-bond acceptors (Lipinski definition) is 5. The third-order valence-electron chi connectivity index (χ3n) is 7.14. The molecule has 1 heterocycles. The molecule has 2 aromatic carbocycles. The highest BCUT2D eigenvalue weighted by Gasteiger charge is 2.31. The summed E-state index contributed by atoms with van der Waals surface area (Å²) in [4.78, 5) is 30.1. The Hall–Kier alpha value is -2.97. The van der Waals surface area contributed by atoms with Gasteiger partial charge in [0.25, 0.3) is 11.8 Å². The minimum Gasteiger partial charge on any atom is -0.491 e. The van der Waals surface area contributed by atoms with Crippen molar-refractivity contribution in [1.82, 2.24) is 9.80 Å². The second kappa shape index (κ2) is 11.4. The van der Waals surface area contributed by atoms with E-state index in [0.717, 1.165) is 19.0 Å². The maximum Gasteiger partial charge on any atom is 0.258 e. The fraction of sp³-hybridized carbons (Fsp3) is 0.500. The number of methoxy groups -OCH3 is 1. The van der Waals surface area contributed by atoms with Gasteiger partial charge >= 0.3 is 0 Å². The Kier molecular flexibility index (Phi) is 8.26. The molecule has 0 spiro atoms. The summed E-state index contributed by atoms with van der Waals surface area (Å²) >= 11 is 0. The number of nitrogens with zero attached hydrogens (tertiary/aromatic N) is 2. The van der Waals surface area contributed by atoms with Crippen molar-refractivity contribution in [2.45, 2.75) is 38.8 Å². The number of ether oxygens (including phenoxy) is 2. The number of rotatable bonds is 5. The third kappa shape index (κ3) is 6.23. The molecular weight excluding hydrogens is 461 g/mol. The van der Waals surface area contributed by atoms with Crippen LogP contribution >= 0.6 is 0 Å². The summed E-state index contributed by atoms with van der Waals surface area (Å²) in [5.41, 5.74) is 0.784. The van der Waals surface area contributed by atoms with E-state index < -0.39 is 11.7 Å². The lowest BCUT2D eigenvalue weighted by atomic mass is 10.0. The number of fused-ring (bicyclic) bond motifs is 1. The van der Waals surface area contributed by atoms with Gasteiger partial charge in [-0.3, -0.25) is 14.5 Å². The van der Waals surface area contributed by atoms with Crippen LogP contribution in [0.3, 0.4) is 0 Å². The van der Waals surface area contributed by atoms with Crippen molar-refractivity contribution < 1.29 is 23.5 Å². The third-order valence-corrected chi connectivity index (χ3v) is 7.14. The van der Waals surface area contributed by atoms with Crippen LogP contribution in [0.25, 0.3) is 0 Å². The minimum atomic E-state index is -0.596. The molecule has 0 bridgehead atoms. The molecule has 2 aliphatic rings. The van der Waals surface area contributed by atoms with Gasteiger partial charge in [-0.05, 0) is 55.9 Å². The van der Waals surface area contributed by atoms with E-state index >= 15 is 0 Å². The first-order chi connectivity index (χ1) is 17.3. The molecule has 0 aromatic heterocycles. The van der Waals surface area contributed by atoms with Gasteiger partial charge < -0.3 is 19.7 Å². The normalized spacial score (nSPS) is 23.8. The van der Waals surface area contributed by atoms with Crippen LogP contribution in [-0.2, 0) is 4.74 Å². The van der Waals surface area contributed by atoms with Crippen molar-refractivity contribution in [1.29, 1.82) is 0 Å². The largest absolute Gasteiger partial charge is 0.491 e. The molecule has 7 nitrogen and oxygen atoms in total. The van der Waals surface area contributed by atoms with E-state index in [-0.39, 0.29) is 29.5 Å². The highest BCUT2D eigenvalue weighted by atomic mass is 19.1. The van der Waals surface area contributed by atoms with Crippen LogP contribution in [0.15, 0.2) is 42.5 Å². The Labute approximate surface area is 212 Å². The molecule has 0 saturated heterocycles. The van der Waals surface area contributed by atoms with Crippen molar-refractivity contribution in [3.63, 3.8) is 0 Å². The maximum absolute atomic E-state index is 14.1. The number of halogens is 1. The van der Waals surface area contributed by atoms with Crippen molar-refractivity contribution in [2.24, 2.45) is 11.8 Å². The second-order valence-electron chi connectivity index (χ2n) is 10.1. The first-order valence-corrected chi connectivity index (χ1v) is 12.6. The van der Waals surface area contributed by atoms with Crippen molar-refractivity contribution >= 4 is 17.5 Å². The molecule has 1 N–H and O–H groups in total. The number of amides is 2. The first-order valence-electron chi connectivity index (χ1n) is 12.6. The molecule has 194 valence electrons. The molecule has 8 heteroatoms. The molecule has 2 amide bonds. The number of carbonyl (C=O) groups excluding carboxylic acids is 2. The quantitative estimate of drug-likeness (QED) is 0.667. The fourth-order valence-electron chi connectivity index (χ4n) is 4.65. The number of hydrogen-bond donors (Lipinski definition) is 1. The molecular formula is C28H36FN3O4. The predicted molar refractivity (Wildman–Crippen MR) is 137 cm³/mol. The first kappa shape index (κ1) is 26.1. The van der Waals surface area contributed by atoms with Crippen molar-refractivity contribution in [2.75, 3.05) is 45.7 Å². The van der Waals surface area contributed by atoms with Crippen LogP contribution in [0.5, 0.6) is 5.75 Å². The molecule has 1 aliphatic heterocycles. The van der Waals surface area contributed by atoms with Crippen LogP contribution in [0.2, 0.25) is 0 Å². The van der Waals surface area contributed by atoms with E-state index in [1.165, 1.54) is 31.0 Å². The zero-order chi connectivity index (χ0) is 25.8. The minimum absolute atomic E-state index is 0.0499. The van der Waals surface area contributed by atoms with E-state index in [9.17, 15) is 14.0 Å². The molecule has 3 atom stereocenters. The van der Waals surface area contributed by atoms with E-state index in [1.807, 2.05) is 0 Å². The van der Waals surface area contributed by atoms with Crippen LogP contribution in [0.1, 0.15) is 47.4 Å². The van der Waals surface area contributed by atoms with Gasteiger partial charge in [0, 0.05) is 51.6 Å². The second-order valence-corrected chi connectivity index (χ2v) is 10.1. The van der Waals surface area contributed by atoms with E-state index in [0.29, 0.717) is 30.2 Å². The summed E-state index contributed by atoms with van der Waals surface area (Å²) in [7, 11) is 3.46. The van der Waals surface area contributed by atoms with Gasteiger partial charge in [-0.2, -0.15) is 0 Å². The number of anilines is 1. The van der Waals surface area contributed by atoms with E-state index in [4.69, 9.17) is 9.47 Å². The lowest BCUT2D eigenvalue weighted by Crippen LogP contribution is -2.47. The molecule has 1 fully saturated rings. The highest BCUT2D eigenvalue weighted by molar-refractivity contribution is 6.05. The van der Waals surface area contributed by atoms with Gasteiger partial charge in [0.2, 0.25) is 0 Å². The van der Waals surface area contributed by atoms with E-state index in [2.05, 4.69) is 24.1 Å². The smallest absolute Gasteiger partial charge is 0.258 e. The lowest BCUT2D eigenvalue weighted by Gasteiger charge is -2.36. The Morgan fingerprint density at radius 1 is 1.17 bits per heavy atom. The Bertz CT molecular complexity index is 1090. The summed E-state index contributed by atoms with van der Waals surface area (Å²) in [5.74, 6) is 0.00583. The maximum atomic E-state index is 14.1. The molecule has 4 rings (SSSR count). The molecule has 1 saturated carbocycles. The van der Waals surface area contributed by atoms with Gasteiger partial charge in [-0.15, -0.1) is 0 Å². The lowest BCUT2D eigenvalue weighted by molar-refractivity contribution is 0.00994. The highest BCUT2D eigenvalue weighted by Crippen LogP contribution is 2.32. The van der Waals surface area contributed by atoms with Crippen molar-refractivity contribution in [3.05, 3.63) is 59.4 Å². The SMILES string of the molecule is CO[C@H]1CN(C)C(=O)c2ccc(NC(=O)c3ccccc3F)cc2OC[C@H](C)N(CC2CC2)C[C@H]1C. The number of carbonyl (C=O) groups is 2. The van der Waals surface area contributed by atoms with Crippen LogP contribution in [-0.4, -0.2) is 74.2 Å². The van der Waals surface area contributed by atoms with Gasteiger partial charge in [0.05, 0.1) is 17.2 Å². The van der Waals surface area contributed by atoms with Crippen LogP contribution < -0.4 is 10.1 Å². The van der Waals surface area contributed by atoms with Gasteiger partial charge in [0.1, 0.15) is 18.2 Å². The van der Waals surface area contributed by atoms with Crippen LogP contribution in [0.4, 0.5) is 10.1 Å². The van der Waals surface area contributed by atoms with Gasteiger partial charge in [-0.1, -0.05) is 19.1 Å². The number of benzene rings is 2. The Morgan fingerprint density at radius 3 is 2.61 bits per heavy atom. The average molecular weight is 498 g/mol. The molecule has 36 heavy (non-hydrogen) atoms. The topological polar surface area (TPSA) is 71.1 Å². The number of likely N-dealkylation sites (N-methyl/N-ethyl adjacent to an activating group) is 1. The molecule has 2 aromatic rings. The zero-order valence-corrected chi connectivity index (χ0v) is 21.5. The Balaban J connectivity index is 1.61.